The zero-order valence-electron chi connectivity index (χ0n) is 10.9. The van der Waals surface area contributed by atoms with Gasteiger partial charge in [-0.25, -0.2) is 4.79 Å². The summed E-state index contributed by atoms with van der Waals surface area (Å²) in [6, 6.07) is 6.40. The maximum absolute atomic E-state index is 11.8. The van der Waals surface area contributed by atoms with Crippen molar-refractivity contribution in [3.8, 4) is 0 Å². The first-order chi connectivity index (χ1) is 9.56. The topological polar surface area (TPSA) is 95.5 Å². The minimum atomic E-state index is -1.04. The summed E-state index contributed by atoms with van der Waals surface area (Å²) >= 11 is 0. The summed E-state index contributed by atoms with van der Waals surface area (Å²) in [6.07, 6.45) is 1.22. The van der Waals surface area contributed by atoms with Crippen molar-refractivity contribution in [3.05, 3.63) is 35.4 Å². The number of amides is 2. The SMILES string of the molecule is O=C(Cc1ccccc1C(=O)O)NCC1CCC(=O)N1. The van der Waals surface area contributed by atoms with Crippen LogP contribution in [0.4, 0.5) is 0 Å². The van der Waals surface area contributed by atoms with E-state index in [0.29, 0.717) is 24.9 Å². The molecule has 0 radical (unpaired) electrons. The first-order valence-corrected chi connectivity index (χ1v) is 6.43. The van der Waals surface area contributed by atoms with E-state index in [-0.39, 0.29) is 29.8 Å². The molecular formula is C14H16N2O4. The Morgan fingerprint density at radius 3 is 2.75 bits per heavy atom. The molecule has 0 spiro atoms. The molecule has 3 N–H and O–H groups in total. The normalized spacial score (nSPS) is 17.6. The molecule has 1 aromatic rings. The van der Waals surface area contributed by atoms with Crippen LogP contribution in [0.3, 0.4) is 0 Å². The number of rotatable bonds is 5. The van der Waals surface area contributed by atoms with E-state index < -0.39 is 5.97 Å². The lowest BCUT2D eigenvalue weighted by Gasteiger charge is -2.12. The molecule has 2 amide bonds. The highest BCUT2D eigenvalue weighted by atomic mass is 16.4. The lowest BCUT2D eigenvalue weighted by Crippen LogP contribution is -2.39. The molecule has 0 saturated carbocycles. The molecule has 6 nitrogen and oxygen atoms in total. The third kappa shape index (κ3) is 3.57. The van der Waals surface area contributed by atoms with Crippen molar-refractivity contribution >= 4 is 17.8 Å². The third-order valence-electron chi connectivity index (χ3n) is 3.23. The van der Waals surface area contributed by atoms with Crippen LogP contribution < -0.4 is 10.6 Å². The quantitative estimate of drug-likeness (QED) is 0.722. The van der Waals surface area contributed by atoms with Crippen LogP contribution in [0.15, 0.2) is 24.3 Å². The van der Waals surface area contributed by atoms with Crippen LogP contribution in [-0.4, -0.2) is 35.5 Å². The largest absolute Gasteiger partial charge is 0.478 e. The van der Waals surface area contributed by atoms with E-state index in [9.17, 15) is 14.4 Å². The van der Waals surface area contributed by atoms with Gasteiger partial charge in [-0.3, -0.25) is 9.59 Å². The maximum Gasteiger partial charge on any atom is 0.335 e. The van der Waals surface area contributed by atoms with Gasteiger partial charge in [0.25, 0.3) is 0 Å². The van der Waals surface area contributed by atoms with E-state index in [1.54, 1.807) is 18.2 Å². The Balaban J connectivity index is 1.88. The highest BCUT2D eigenvalue weighted by molar-refractivity contribution is 5.91. The van der Waals surface area contributed by atoms with E-state index >= 15 is 0 Å². The second-order valence-corrected chi connectivity index (χ2v) is 4.75. The molecular weight excluding hydrogens is 260 g/mol. The van der Waals surface area contributed by atoms with Gasteiger partial charge in [0.1, 0.15) is 0 Å². The van der Waals surface area contributed by atoms with Crippen molar-refractivity contribution < 1.29 is 19.5 Å². The molecule has 1 aliphatic heterocycles. The van der Waals surface area contributed by atoms with E-state index in [0.717, 1.165) is 0 Å². The van der Waals surface area contributed by atoms with Gasteiger partial charge in [0.2, 0.25) is 11.8 Å². The van der Waals surface area contributed by atoms with E-state index in [4.69, 9.17) is 5.11 Å². The summed E-state index contributed by atoms with van der Waals surface area (Å²) in [7, 11) is 0. The average molecular weight is 276 g/mol. The number of carbonyl (C=O) groups is 3. The van der Waals surface area contributed by atoms with Gasteiger partial charge in [-0.15, -0.1) is 0 Å². The Morgan fingerprint density at radius 1 is 1.35 bits per heavy atom. The second-order valence-electron chi connectivity index (χ2n) is 4.75. The van der Waals surface area contributed by atoms with Crippen molar-refractivity contribution in [3.63, 3.8) is 0 Å². The number of carbonyl (C=O) groups excluding carboxylic acids is 2. The van der Waals surface area contributed by atoms with Gasteiger partial charge in [0, 0.05) is 19.0 Å². The van der Waals surface area contributed by atoms with Crippen LogP contribution in [0, 0.1) is 0 Å². The van der Waals surface area contributed by atoms with Gasteiger partial charge in [-0.1, -0.05) is 18.2 Å². The van der Waals surface area contributed by atoms with Gasteiger partial charge in [0.05, 0.1) is 12.0 Å². The van der Waals surface area contributed by atoms with Gasteiger partial charge in [-0.2, -0.15) is 0 Å². The first kappa shape index (κ1) is 14.0. The fraction of sp³-hybridized carbons (Fsp3) is 0.357. The summed E-state index contributed by atoms with van der Waals surface area (Å²) in [5.41, 5.74) is 0.616. The molecule has 0 aliphatic carbocycles. The lowest BCUT2D eigenvalue weighted by atomic mass is 10.0. The predicted octanol–water partition coefficient (Wildman–Crippen LogP) is 0.322. The van der Waals surface area contributed by atoms with E-state index in [1.807, 2.05) is 0 Å². The Labute approximate surface area is 116 Å². The number of carboxylic acids is 1. The van der Waals surface area contributed by atoms with Crippen molar-refractivity contribution in [2.75, 3.05) is 6.54 Å². The number of aromatic carboxylic acids is 1. The predicted molar refractivity (Wildman–Crippen MR) is 71.3 cm³/mol. The molecule has 20 heavy (non-hydrogen) atoms. The van der Waals surface area contributed by atoms with E-state index in [1.165, 1.54) is 6.07 Å². The van der Waals surface area contributed by atoms with Crippen molar-refractivity contribution in [1.29, 1.82) is 0 Å². The summed E-state index contributed by atoms with van der Waals surface area (Å²) in [5, 5.41) is 14.5. The molecule has 2 rings (SSSR count). The van der Waals surface area contributed by atoms with Crippen LogP contribution in [0.25, 0.3) is 0 Å². The van der Waals surface area contributed by atoms with E-state index in [2.05, 4.69) is 10.6 Å². The molecule has 106 valence electrons. The Hall–Kier alpha value is -2.37. The third-order valence-corrected chi connectivity index (χ3v) is 3.23. The lowest BCUT2D eigenvalue weighted by molar-refractivity contribution is -0.121. The zero-order chi connectivity index (χ0) is 14.5. The fourth-order valence-corrected chi connectivity index (χ4v) is 2.19. The number of nitrogens with one attached hydrogen (secondary N) is 2. The summed E-state index contributed by atoms with van der Waals surface area (Å²) in [4.78, 5) is 33.9. The van der Waals surface area contributed by atoms with Gasteiger partial charge in [0.15, 0.2) is 0 Å². The monoisotopic (exact) mass is 276 g/mol. The molecule has 1 fully saturated rings. The Morgan fingerprint density at radius 2 is 2.10 bits per heavy atom. The molecule has 1 heterocycles. The molecule has 1 unspecified atom stereocenters. The zero-order valence-corrected chi connectivity index (χ0v) is 10.9. The second kappa shape index (κ2) is 6.18. The van der Waals surface area contributed by atoms with Gasteiger partial charge in [-0.05, 0) is 18.1 Å². The fourth-order valence-electron chi connectivity index (χ4n) is 2.19. The van der Waals surface area contributed by atoms with Crippen molar-refractivity contribution in [1.82, 2.24) is 10.6 Å². The summed E-state index contributed by atoms with van der Waals surface area (Å²) < 4.78 is 0. The Bertz CT molecular complexity index is 542. The van der Waals surface area contributed by atoms with Crippen molar-refractivity contribution in [2.24, 2.45) is 0 Å². The van der Waals surface area contributed by atoms with Crippen LogP contribution in [0.1, 0.15) is 28.8 Å². The molecule has 0 bridgehead atoms. The maximum atomic E-state index is 11.8. The molecule has 0 aromatic heterocycles. The van der Waals surface area contributed by atoms with Gasteiger partial charge < -0.3 is 15.7 Å². The highest BCUT2D eigenvalue weighted by Crippen LogP contribution is 2.10. The minimum absolute atomic E-state index is 0.000437. The smallest absolute Gasteiger partial charge is 0.335 e. The first-order valence-electron chi connectivity index (χ1n) is 6.43. The molecule has 1 aromatic carbocycles. The highest BCUT2D eigenvalue weighted by Gasteiger charge is 2.21. The van der Waals surface area contributed by atoms with Crippen LogP contribution >= 0.6 is 0 Å². The van der Waals surface area contributed by atoms with Crippen LogP contribution in [0.2, 0.25) is 0 Å². The number of hydrogen-bond donors (Lipinski definition) is 3. The van der Waals surface area contributed by atoms with Crippen LogP contribution in [0.5, 0.6) is 0 Å². The molecule has 1 aliphatic rings. The average Bonchev–Trinajstić information content (AvgIpc) is 2.83. The molecule has 6 heteroatoms. The van der Waals surface area contributed by atoms with Crippen LogP contribution in [-0.2, 0) is 16.0 Å². The number of hydrogen-bond acceptors (Lipinski definition) is 3. The van der Waals surface area contributed by atoms with Crippen molar-refractivity contribution in [2.45, 2.75) is 25.3 Å². The summed E-state index contributed by atoms with van der Waals surface area (Å²) in [5.74, 6) is -1.29. The Kier molecular flexibility index (Phi) is 4.34. The van der Waals surface area contributed by atoms with Gasteiger partial charge >= 0.3 is 5.97 Å². The number of benzene rings is 1. The number of carboxylic acid groups (broad SMARTS) is 1. The standard InChI is InChI=1S/C14H16N2O4/c17-12-6-5-10(16-12)8-15-13(18)7-9-3-1-2-4-11(9)14(19)20/h1-4,10H,5-8H2,(H,15,18)(H,16,17)(H,19,20). The molecule has 1 saturated heterocycles. The minimum Gasteiger partial charge on any atom is -0.478 e. The summed E-state index contributed by atoms with van der Waals surface area (Å²) in [6.45, 7) is 0.375. The molecule has 1 atom stereocenters.